The average molecular weight is 407 g/mol. The quantitative estimate of drug-likeness (QED) is 0.540. The molecule has 2 bridgehead atoms. The van der Waals surface area contributed by atoms with E-state index < -0.39 is 5.60 Å². The second-order valence-corrected chi connectivity index (χ2v) is 8.21. The molecule has 1 N–H and O–H groups in total. The molecule has 2 unspecified atom stereocenters. The summed E-state index contributed by atoms with van der Waals surface area (Å²) >= 11 is 0. The van der Waals surface area contributed by atoms with E-state index in [2.05, 4.69) is 23.0 Å². The minimum absolute atomic E-state index is 0.147. The molecule has 5 nitrogen and oxygen atoms in total. The first kappa shape index (κ1) is 20.9. The molecule has 5 rings (SSSR count). The Balaban J connectivity index is 1.70. The van der Waals surface area contributed by atoms with Gasteiger partial charge in [-0.15, -0.1) is 6.42 Å². The zero-order valence-corrected chi connectivity index (χ0v) is 17.6. The van der Waals surface area contributed by atoms with E-state index in [1.807, 2.05) is 30.3 Å². The van der Waals surface area contributed by atoms with Gasteiger partial charge in [0.25, 0.3) is 0 Å². The van der Waals surface area contributed by atoms with Crippen molar-refractivity contribution < 1.29 is 14.6 Å². The van der Waals surface area contributed by atoms with Crippen molar-refractivity contribution in [3.63, 3.8) is 0 Å². The van der Waals surface area contributed by atoms with Crippen molar-refractivity contribution in [2.45, 2.75) is 37.3 Å². The van der Waals surface area contributed by atoms with Gasteiger partial charge >= 0.3 is 0 Å². The third-order valence-electron chi connectivity index (χ3n) is 6.43. The normalized spacial score (nSPS) is 27.6. The highest BCUT2D eigenvalue weighted by Crippen LogP contribution is 2.47. The monoisotopic (exact) mass is 406 g/mol. The summed E-state index contributed by atoms with van der Waals surface area (Å²) < 4.78 is 10.9. The molecule has 2 atom stereocenters. The van der Waals surface area contributed by atoms with Gasteiger partial charge in [0.15, 0.2) is 0 Å². The number of nitrogens with zero attached hydrogens (tertiary/aromatic N) is 2. The van der Waals surface area contributed by atoms with Crippen LogP contribution in [0.2, 0.25) is 0 Å². The second kappa shape index (κ2) is 9.18. The molecule has 3 aliphatic heterocycles. The van der Waals surface area contributed by atoms with Crippen LogP contribution in [0.5, 0.6) is 5.88 Å². The fourth-order valence-electron chi connectivity index (χ4n) is 4.93. The van der Waals surface area contributed by atoms with E-state index >= 15 is 0 Å². The molecule has 158 valence electrons. The molecule has 3 aliphatic rings. The molecule has 4 heterocycles. The molecule has 5 heteroatoms. The maximum absolute atomic E-state index is 12.0. The summed E-state index contributed by atoms with van der Waals surface area (Å²) in [4.78, 5) is 7.07. The number of benzene rings is 1. The molecule has 0 amide bonds. The zero-order chi connectivity index (χ0) is 21.0. The number of pyridine rings is 1. The lowest BCUT2D eigenvalue weighted by molar-refractivity contribution is -0.143. The lowest BCUT2D eigenvalue weighted by atomic mass is 9.66. The van der Waals surface area contributed by atoms with Crippen molar-refractivity contribution in [1.29, 1.82) is 0 Å². The Hall–Kier alpha value is -2.39. The van der Waals surface area contributed by atoms with Crippen molar-refractivity contribution >= 4 is 0 Å². The van der Waals surface area contributed by atoms with Crippen LogP contribution in [0.1, 0.15) is 36.1 Å². The molecule has 3 saturated heterocycles. The fourth-order valence-corrected chi connectivity index (χ4v) is 4.93. The van der Waals surface area contributed by atoms with Crippen LogP contribution in [0, 0.1) is 18.3 Å². The molecule has 2 aromatic rings. The highest BCUT2D eigenvalue weighted by Gasteiger charge is 2.54. The lowest BCUT2D eigenvalue weighted by Gasteiger charge is -2.54. The highest BCUT2D eigenvalue weighted by atomic mass is 16.5. The SMILES string of the molecule is C#CC1N2CCC(CC2)C1(O)c1ccc(OCCCOC)nc1Cc1ccccc1. The number of ether oxygens (including phenoxy) is 2. The zero-order valence-electron chi connectivity index (χ0n) is 17.6. The third-order valence-corrected chi connectivity index (χ3v) is 6.43. The molecule has 3 fully saturated rings. The Morgan fingerprint density at radius 3 is 2.63 bits per heavy atom. The molecular formula is C25H30N2O3. The number of piperidine rings is 3. The molecule has 0 radical (unpaired) electrons. The van der Waals surface area contributed by atoms with Gasteiger partial charge in [0.2, 0.25) is 5.88 Å². The standard InChI is InChI=1S/C25H30N2O3/c1-3-23-25(28,20-12-14-27(23)15-13-20)21-10-11-24(30-17-7-16-29-2)26-22(21)18-19-8-5-4-6-9-19/h1,4-6,8-11,20,23,28H,7,12-18H2,2H3. The lowest BCUT2D eigenvalue weighted by Crippen LogP contribution is -2.63. The van der Waals surface area contributed by atoms with Crippen LogP contribution >= 0.6 is 0 Å². The number of fused-ring (bicyclic) bond motifs is 3. The Bertz CT molecular complexity index is 887. The predicted octanol–water partition coefficient (Wildman–Crippen LogP) is 3.00. The summed E-state index contributed by atoms with van der Waals surface area (Å²) in [6, 6.07) is 13.7. The van der Waals surface area contributed by atoms with Gasteiger partial charge in [-0.3, -0.25) is 4.90 Å². The molecule has 1 aromatic carbocycles. The van der Waals surface area contributed by atoms with Crippen molar-refractivity contribution in [1.82, 2.24) is 9.88 Å². The number of rotatable bonds is 8. The largest absolute Gasteiger partial charge is 0.478 e. The van der Waals surface area contributed by atoms with E-state index in [9.17, 15) is 5.11 Å². The highest BCUT2D eigenvalue weighted by molar-refractivity contribution is 5.39. The van der Waals surface area contributed by atoms with Crippen molar-refractivity contribution in [3.8, 4) is 18.2 Å². The van der Waals surface area contributed by atoms with Crippen LogP contribution < -0.4 is 4.74 Å². The summed E-state index contributed by atoms with van der Waals surface area (Å²) in [6.45, 7) is 3.09. The Morgan fingerprint density at radius 2 is 1.93 bits per heavy atom. The van der Waals surface area contributed by atoms with E-state index in [0.717, 1.165) is 49.2 Å². The van der Waals surface area contributed by atoms with Gasteiger partial charge in [-0.2, -0.15) is 0 Å². The van der Waals surface area contributed by atoms with E-state index in [-0.39, 0.29) is 12.0 Å². The first-order chi connectivity index (χ1) is 14.7. The maximum Gasteiger partial charge on any atom is 0.213 e. The number of aliphatic hydroxyl groups is 1. The summed E-state index contributed by atoms with van der Waals surface area (Å²) in [5.74, 6) is 3.60. The van der Waals surface area contributed by atoms with E-state index in [1.54, 1.807) is 7.11 Å². The van der Waals surface area contributed by atoms with Gasteiger partial charge in [-0.1, -0.05) is 36.3 Å². The molecule has 1 aromatic heterocycles. The van der Waals surface area contributed by atoms with Gasteiger partial charge in [-0.05, 0) is 43.5 Å². The van der Waals surface area contributed by atoms with Crippen molar-refractivity contribution in [3.05, 3.63) is 59.3 Å². The second-order valence-electron chi connectivity index (χ2n) is 8.21. The molecule has 30 heavy (non-hydrogen) atoms. The summed E-state index contributed by atoms with van der Waals surface area (Å²) in [6.07, 6.45) is 9.25. The molecular weight excluding hydrogens is 376 g/mol. The minimum Gasteiger partial charge on any atom is -0.478 e. The van der Waals surface area contributed by atoms with Crippen LogP contribution in [0.4, 0.5) is 0 Å². The Kier molecular flexibility index (Phi) is 6.38. The van der Waals surface area contributed by atoms with Gasteiger partial charge in [-0.25, -0.2) is 4.98 Å². The molecule has 0 spiro atoms. The predicted molar refractivity (Wildman–Crippen MR) is 116 cm³/mol. The van der Waals surface area contributed by atoms with E-state index in [0.29, 0.717) is 25.5 Å². The third kappa shape index (κ3) is 3.96. The Morgan fingerprint density at radius 1 is 1.17 bits per heavy atom. The van der Waals surface area contributed by atoms with Gasteiger partial charge in [0.05, 0.1) is 12.3 Å². The average Bonchev–Trinajstić information content (AvgIpc) is 2.78. The van der Waals surface area contributed by atoms with Crippen molar-refractivity contribution in [2.24, 2.45) is 5.92 Å². The molecule has 0 aliphatic carbocycles. The number of methoxy groups -OCH3 is 1. The summed E-state index contributed by atoms with van der Waals surface area (Å²) in [5, 5.41) is 12.0. The minimum atomic E-state index is -1.09. The van der Waals surface area contributed by atoms with Gasteiger partial charge in [0, 0.05) is 38.2 Å². The van der Waals surface area contributed by atoms with E-state index in [1.165, 1.54) is 0 Å². The van der Waals surface area contributed by atoms with Crippen LogP contribution in [-0.4, -0.2) is 54.4 Å². The Labute approximate surface area is 179 Å². The molecule has 0 saturated carbocycles. The number of aromatic nitrogens is 1. The van der Waals surface area contributed by atoms with Crippen LogP contribution in [0.3, 0.4) is 0 Å². The van der Waals surface area contributed by atoms with Gasteiger partial charge < -0.3 is 14.6 Å². The first-order valence-corrected chi connectivity index (χ1v) is 10.8. The smallest absolute Gasteiger partial charge is 0.213 e. The van der Waals surface area contributed by atoms with Crippen LogP contribution in [0.15, 0.2) is 42.5 Å². The first-order valence-electron chi connectivity index (χ1n) is 10.8. The summed E-state index contributed by atoms with van der Waals surface area (Å²) in [7, 11) is 1.68. The summed E-state index contributed by atoms with van der Waals surface area (Å²) in [5.41, 5.74) is 1.73. The fraction of sp³-hybridized carbons (Fsp3) is 0.480. The number of hydrogen-bond donors (Lipinski definition) is 1. The van der Waals surface area contributed by atoms with Crippen LogP contribution in [0.25, 0.3) is 0 Å². The van der Waals surface area contributed by atoms with Crippen molar-refractivity contribution in [2.75, 3.05) is 33.4 Å². The van der Waals surface area contributed by atoms with Gasteiger partial charge in [0.1, 0.15) is 11.6 Å². The maximum atomic E-state index is 12.0. The van der Waals surface area contributed by atoms with Crippen LogP contribution in [-0.2, 0) is 16.8 Å². The topological polar surface area (TPSA) is 54.8 Å². The number of terminal acetylenes is 1. The number of hydrogen-bond acceptors (Lipinski definition) is 5. The van der Waals surface area contributed by atoms with E-state index in [4.69, 9.17) is 20.9 Å².